The molecule has 0 saturated carbocycles. The third kappa shape index (κ3) is 1.79. The number of aryl methyl sites for hydroxylation is 1. The Morgan fingerprint density at radius 3 is 2.68 bits per heavy atom. The van der Waals surface area contributed by atoms with E-state index in [2.05, 4.69) is 52.5 Å². The number of fused-ring (bicyclic) bond motifs is 3. The van der Waals surface area contributed by atoms with Gasteiger partial charge in [0.2, 0.25) is 0 Å². The Labute approximate surface area is 111 Å². The van der Waals surface area contributed by atoms with Gasteiger partial charge in [-0.1, -0.05) is 0 Å². The Morgan fingerprint density at radius 2 is 1.95 bits per heavy atom. The van der Waals surface area contributed by atoms with Crippen LogP contribution < -0.4 is 0 Å². The number of likely N-dealkylation sites (N-methyl/N-ethyl adjacent to an activating group) is 1. The van der Waals surface area contributed by atoms with Gasteiger partial charge in [-0.2, -0.15) is 5.10 Å². The molecule has 0 bridgehead atoms. The minimum atomic E-state index is 0.884. The van der Waals surface area contributed by atoms with Gasteiger partial charge in [0, 0.05) is 18.8 Å². The van der Waals surface area contributed by atoms with Gasteiger partial charge in [-0.3, -0.25) is 0 Å². The van der Waals surface area contributed by atoms with Gasteiger partial charge in [-0.25, -0.2) is 14.5 Å². The van der Waals surface area contributed by atoms with Crippen molar-refractivity contribution in [3.8, 4) is 0 Å². The molecule has 3 heterocycles. The van der Waals surface area contributed by atoms with E-state index < -0.39 is 0 Å². The molecule has 0 unspecified atom stereocenters. The number of rotatable bonds is 3. The van der Waals surface area contributed by atoms with E-state index in [0.717, 1.165) is 29.8 Å². The maximum absolute atomic E-state index is 4.55. The Morgan fingerprint density at radius 1 is 1.16 bits per heavy atom. The van der Waals surface area contributed by atoms with Crippen LogP contribution in [0.15, 0.2) is 12.7 Å². The van der Waals surface area contributed by atoms with Gasteiger partial charge < -0.3 is 9.47 Å². The van der Waals surface area contributed by atoms with Crippen molar-refractivity contribution in [2.75, 3.05) is 20.6 Å². The summed E-state index contributed by atoms with van der Waals surface area (Å²) < 4.78 is 3.99. The molecule has 0 atom stereocenters. The number of nitrogens with zero attached hydrogens (tertiary/aromatic N) is 6. The van der Waals surface area contributed by atoms with Crippen molar-refractivity contribution < 1.29 is 0 Å². The first kappa shape index (κ1) is 12.1. The fourth-order valence-electron chi connectivity index (χ4n) is 2.44. The largest absolute Gasteiger partial charge is 0.328 e. The topological polar surface area (TPSA) is 51.2 Å². The quantitative estimate of drug-likeness (QED) is 0.709. The Bertz CT molecular complexity index is 736. The van der Waals surface area contributed by atoms with Gasteiger partial charge in [0.05, 0.1) is 5.39 Å². The van der Waals surface area contributed by atoms with Crippen LogP contribution in [0.2, 0.25) is 0 Å². The van der Waals surface area contributed by atoms with Gasteiger partial charge >= 0.3 is 0 Å². The van der Waals surface area contributed by atoms with Gasteiger partial charge in [0.25, 0.3) is 0 Å². The van der Waals surface area contributed by atoms with Crippen LogP contribution in [0.5, 0.6) is 0 Å². The zero-order chi connectivity index (χ0) is 13.6. The summed E-state index contributed by atoms with van der Waals surface area (Å²) in [6, 6.07) is 0. The van der Waals surface area contributed by atoms with E-state index in [1.54, 1.807) is 17.2 Å². The van der Waals surface area contributed by atoms with Crippen LogP contribution in [0.25, 0.3) is 16.7 Å². The smallest absolute Gasteiger partial charge is 0.168 e. The van der Waals surface area contributed by atoms with Crippen LogP contribution in [0, 0.1) is 13.8 Å². The van der Waals surface area contributed by atoms with E-state index in [1.807, 2.05) is 0 Å². The lowest BCUT2D eigenvalue weighted by molar-refractivity contribution is 0.384. The molecule has 100 valence electrons. The molecule has 0 N–H and O–H groups in total. The molecule has 3 aromatic rings. The summed E-state index contributed by atoms with van der Waals surface area (Å²) >= 11 is 0. The normalized spacial score (nSPS) is 12.1. The lowest BCUT2D eigenvalue weighted by Crippen LogP contribution is -2.19. The van der Waals surface area contributed by atoms with Gasteiger partial charge in [-0.15, -0.1) is 0 Å². The first-order valence-electron chi connectivity index (χ1n) is 6.38. The third-order valence-electron chi connectivity index (χ3n) is 3.66. The average Bonchev–Trinajstić information content (AvgIpc) is 2.92. The molecule has 3 rings (SSSR count). The van der Waals surface area contributed by atoms with E-state index in [1.165, 1.54) is 11.3 Å². The second-order valence-corrected chi connectivity index (χ2v) is 5.14. The molecule has 0 fully saturated rings. The van der Waals surface area contributed by atoms with Crippen LogP contribution in [0.3, 0.4) is 0 Å². The van der Waals surface area contributed by atoms with Crippen molar-refractivity contribution in [3.63, 3.8) is 0 Å². The van der Waals surface area contributed by atoms with Crippen LogP contribution in [-0.4, -0.2) is 49.7 Å². The zero-order valence-electron chi connectivity index (χ0n) is 11.8. The highest BCUT2D eigenvalue weighted by molar-refractivity contribution is 5.93. The van der Waals surface area contributed by atoms with Crippen LogP contribution in [0.4, 0.5) is 0 Å². The summed E-state index contributed by atoms with van der Waals surface area (Å²) in [5, 5.41) is 5.26. The summed E-state index contributed by atoms with van der Waals surface area (Å²) in [5.41, 5.74) is 4.37. The molecule has 3 aromatic heterocycles. The molecule has 19 heavy (non-hydrogen) atoms. The Kier molecular flexibility index (Phi) is 2.74. The third-order valence-corrected chi connectivity index (χ3v) is 3.66. The predicted octanol–water partition coefficient (Wildman–Crippen LogP) is 1.26. The van der Waals surface area contributed by atoms with Gasteiger partial charge in [-0.05, 0) is 33.5 Å². The Balaban J connectivity index is 2.25. The number of hydrogen-bond acceptors (Lipinski definition) is 4. The molecule has 0 spiro atoms. The fourth-order valence-corrected chi connectivity index (χ4v) is 2.44. The van der Waals surface area contributed by atoms with Gasteiger partial charge in [0.15, 0.2) is 5.65 Å². The van der Waals surface area contributed by atoms with Crippen LogP contribution >= 0.6 is 0 Å². The Hall–Kier alpha value is -1.95. The molecule has 0 aliphatic heterocycles. The maximum atomic E-state index is 4.55. The summed E-state index contributed by atoms with van der Waals surface area (Å²) in [5.74, 6) is 0. The molecule has 0 aromatic carbocycles. The first-order chi connectivity index (χ1) is 9.09. The molecule has 0 aliphatic rings. The highest BCUT2D eigenvalue weighted by Crippen LogP contribution is 2.26. The van der Waals surface area contributed by atoms with Crippen molar-refractivity contribution >= 4 is 16.7 Å². The fraction of sp³-hybridized carbons (Fsp3) is 0.462. The highest BCUT2D eigenvalue weighted by atomic mass is 15.3. The van der Waals surface area contributed by atoms with E-state index in [-0.39, 0.29) is 0 Å². The van der Waals surface area contributed by atoms with Crippen molar-refractivity contribution in [1.82, 2.24) is 29.0 Å². The monoisotopic (exact) mass is 258 g/mol. The van der Waals surface area contributed by atoms with E-state index >= 15 is 0 Å². The second-order valence-electron chi connectivity index (χ2n) is 5.14. The van der Waals surface area contributed by atoms with Crippen molar-refractivity contribution in [3.05, 3.63) is 23.9 Å². The lowest BCUT2D eigenvalue weighted by Gasteiger charge is -2.12. The van der Waals surface area contributed by atoms with Crippen molar-refractivity contribution in [1.29, 1.82) is 0 Å². The standard InChI is InChI=1S/C13H18N6/c1-9-10(2)18(6-5-17(3)4)12-11(9)13-14-7-16-19(13)8-15-12/h7-8H,5-6H2,1-4H3. The minimum Gasteiger partial charge on any atom is -0.328 e. The zero-order valence-corrected chi connectivity index (χ0v) is 11.8. The molecule has 0 radical (unpaired) electrons. The van der Waals surface area contributed by atoms with Gasteiger partial charge in [0.1, 0.15) is 18.3 Å². The molecule has 6 nitrogen and oxygen atoms in total. The van der Waals surface area contributed by atoms with Crippen molar-refractivity contribution in [2.24, 2.45) is 0 Å². The molecule has 0 aliphatic carbocycles. The van der Waals surface area contributed by atoms with E-state index in [9.17, 15) is 0 Å². The van der Waals surface area contributed by atoms with Crippen LogP contribution in [-0.2, 0) is 6.54 Å². The SMILES string of the molecule is Cc1c(C)n(CCN(C)C)c2ncn3ncnc3c12. The molecule has 0 amide bonds. The number of hydrogen-bond donors (Lipinski definition) is 0. The molecule has 0 saturated heterocycles. The van der Waals surface area contributed by atoms with Crippen molar-refractivity contribution in [2.45, 2.75) is 20.4 Å². The molecular formula is C13H18N6. The minimum absolute atomic E-state index is 0.884. The molecule has 6 heteroatoms. The maximum Gasteiger partial charge on any atom is 0.168 e. The highest BCUT2D eigenvalue weighted by Gasteiger charge is 2.16. The van der Waals surface area contributed by atoms with E-state index in [0.29, 0.717) is 0 Å². The predicted molar refractivity (Wildman–Crippen MR) is 74.3 cm³/mol. The second kappa shape index (κ2) is 4.31. The first-order valence-corrected chi connectivity index (χ1v) is 6.38. The summed E-state index contributed by atoms with van der Waals surface area (Å²) in [6.45, 7) is 6.18. The number of aromatic nitrogens is 5. The molecular weight excluding hydrogens is 240 g/mol. The lowest BCUT2D eigenvalue weighted by atomic mass is 10.2. The van der Waals surface area contributed by atoms with Crippen LogP contribution in [0.1, 0.15) is 11.3 Å². The van der Waals surface area contributed by atoms with E-state index in [4.69, 9.17) is 0 Å². The summed E-state index contributed by atoms with van der Waals surface area (Å²) in [6.07, 6.45) is 3.30. The summed E-state index contributed by atoms with van der Waals surface area (Å²) in [4.78, 5) is 11.1. The summed E-state index contributed by atoms with van der Waals surface area (Å²) in [7, 11) is 4.16. The average molecular weight is 258 g/mol.